The van der Waals surface area contributed by atoms with Gasteiger partial charge in [0.1, 0.15) is 6.10 Å². The van der Waals surface area contributed by atoms with Crippen molar-refractivity contribution >= 4 is 5.91 Å². The van der Waals surface area contributed by atoms with Crippen LogP contribution < -0.4 is 10.1 Å². The van der Waals surface area contributed by atoms with E-state index < -0.39 is 18.0 Å². The first-order valence-electron chi connectivity index (χ1n) is 8.74. The number of halogens is 3. The third-order valence-electron chi connectivity index (χ3n) is 4.97. The Bertz CT molecular complexity index is 802. The quantitative estimate of drug-likeness (QED) is 0.871. The second kappa shape index (κ2) is 6.91. The van der Waals surface area contributed by atoms with Crippen LogP contribution in [0.15, 0.2) is 34.4 Å². The Morgan fingerprint density at radius 3 is 2.74 bits per heavy atom. The fourth-order valence-corrected chi connectivity index (χ4v) is 3.61. The predicted octanol–water partition coefficient (Wildman–Crippen LogP) is 2.54. The fourth-order valence-electron chi connectivity index (χ4n) is 3.61. The number of azo groups is 1. The van der Waals surface area contributed by atoms with Gasteiger partial charge in [0.2, 0.25) is 5.88 Å². The van der Waals surface area contributed by atoms with Crippen molar-refractivity contribution in [1.82, 2.24) is 15.2 Å². The third kappa shape index (κ3) is 3.53. The van der Waals surface area contributed by atoms with E-state index in [1.165, 1.54) is 4.90 Å². The molecule has 4 heterocycles. The number of aromatic nitrogens is 1. The lowest BCUT2D eigenvalue weighted by Gasteiger charge is -2.29. The Labute approximate surface area is 153 Å². The van der Waals surface area contributed by atoms with Crippen molar-refractivity contribution in [3.8, 4) is 5.88 Å². The zero-order chi connectivity index (χ0) is 19.0. The van der Waals surface area contributed by atoms with Gasteiger partial charge in [0.05, 0.1) is 11.9 Å². The topological polar surface area (TPSA) is 79.2 Å². The third-order valence-corrected chi connectivity index (χ3v) is 4.97. The molecule has 0 radical (unpaired) electrons. The number of rotatable bonds is 3. The number of hydrogen-bond acceptors (Lipinski definition) is 6. The molecular formula is C17H18F3N5O2. The van der Waals surface area contributed by atoms with Crippen LogP contribution in [-0.2, 0) is 17.9 Å². The molecule has 1 aromatic rings. The first-order chi connectivity index (χ1) is 12.9. The summed E-state index contributed by atoms with van der Waals surface area (Å²) in [5.74, 6) is -3.12. The van der Waals surface area contributed by atoms with E-state index in [9.17, 15) is 18.0 Å². The molecule has 10 heteroatoms. The predicted molar refractivity (Wildman–Crippen MR) is 87.5 cm³/mol. The van der Waals surface area contributed by atoms with Gasteiger partial charge >= 0.3 is 6.18 Å². The molecule has 0 aliphatic carbocycles. The van der Waals surface area contributed by atoms with Gasteiger partial charge in [-0.25, -0.2) is 4.98 Å². The number of alkyl halides is 3. The molecule has 7 nitrogen and oxygen atoms in total. The maximum atomic E-state index is 13.4. The second-order valence-electron chi connectivity index (χ2n) is 6.76. The lowest BCUT2D eigenvalue weighted by atomic mass is 10.0. The number of nitrogens with one attached hydrogen (secondary N) is 1. The average Bonchev–Trinajstić information content (AvgIpc) is 3.06. The minimum absolute atomic E-state index is 0.0338. The van der Waals surface area contributed by atoms with E-state index in [2.05, 4.69) is 20.5 Å². The molecule has 1 aromatic heterocycles. The van der Waals surface area contributed by atoms with Gasteiger partial charge in [-0.05, 0) is 37.6 Å². The van der Waals surface area contributed by atoms with E-state index in [-0.39, 0.29) is 24.9 Å². The number of ether oxygens (including phenoxy) is 1. The molecule has 1 saturated heterocycles. The van der Waals surface area contributed by atoms with Crippen LogP contribution in [0.2, 0.25) is 0 Å². The first-order valence-corrected chi connectivity index (χ1v) is 8.74. The summed E-state index contributed by atoms with van der Waals surface area (Å²) in [6.07, 6.45) is -0.362. The van der Waals surface area contributed by atoms with E-state index in [0.29, 0.717) is 5.88 Å². The minimum Gasteiger partial charge on any atom is -0.474 e. The number of fused-ring (bicyclic) bond motifs is 1. The summed E-state index contributed by atoms with van der Waals surface area (Å²) >= 11 is 0. The SMILES string of the molecule is O=C1N=NC=C(N2Cc3ccnc(OC4CCNCC4)c3C2)C1C(F)(F)F. The Morgan fingerprint density at radius 1 is 1.22 bits per heavy atom. The van der Waals surface area contributed by atoms with Gasteiger partial charge < -0.3 is 15.0 Å². The molecule has 1 N–H and O–H groups in total. The molecule has 1 amide bonds. The number of piperidine rings is 1. The van der Waals surface area contributed by atoms with E-state index in [1.54, 1.807) is 12.3 Å². The average molecular weight is 381 g/mol. The van der Waals surface area contributed by atoms with Gasteiger partial charge in [-0.1, -0.05) is 0 Å². The molecule has 4 rings (SSSR count). The van der Waals surface area contributed by atoms with Crippen molar-refractivity contribution < 1.29 is 22.7 Å². The molecule has 0 spiro atoms. The molecule has 1 fully saturated rings. The van der Waals surface area contributed by atoms with Crippen LogP contribution >= 0.6 is 0 Å². The molecule has 1 unspecified atom stereocenters. The van der Waals surface area contributed by atoms with Crippen molar-refractivity contribution in [3.05, 3.63) is 35.3 Å². The standard InChI is InChI=1S/C17H18F3N5O2/c18-17(19,20)14-13(7-23-24-15(14)26)25-8-10-1-6-22-16(12(10)9-25)27-11-2-4-21-5-3-11/h1,6-7,11,14,21H,2-5,8-9H2. The summed E-state index contributed by atoms with van der Waals surface area (Å²) in [4.78, 5) is 17.5. The molecule has 3 aliphatic rings. The van der Waals surface area contributed by atoms with Crippen molar-refractivity contribution in [2.75, 3.05) is 13.1 Å². The largest absolute Gasteiger partial charge is 0.474 e. The van der Waals surface area contributed by atoms with Crippen molar-refractivity contribution in [3.63, 3.8) is 0 Å². The van der Waals surface area contributed by atoms with Gasteiger partial charge in [-0.2, -0.15) is 18.3 Å². The van der Waals surface area contributed by atoms with Crippen molar-refractivity contribution in [2.24, 2.45) is 16.1 Å². The zero-order valence-electron chi connectivity index (χ0n) is 14.4. The van der Waals surface area contributed by atoms with Crippen molar-refractivity contribution in [1.29, 1.82) is 0 Å². The number of nitrogens with zero attached hydrogens (tertiary/aromatic N) is 4. The Hall–Kier alpha value is -2.49. The number of amides is 1. The van der Waals surface area contributed by atoms with Gasteiger partial charge in [-0.3, -0.25) is 4.79 Å². The van der Waals surface area contributed by atoms with E-state index in [0.717, 1.165) is 43.3 Å². The number of carbonyl (C=O) groups is 1. The van der Waals surface area contributed by atoms with Gasteiger partial charge in [0.15, 0.2) is 5.92 Å². The highest BCUT2D eigenvalue weighted by Gasteiger charge is 2.51. The molecule has 3 aliphatic heterocycles. The molecule has 144 valence electrons. The van der Waals surface area contributed by atoms with Crippen LogP contribution in [0.25, 0.3) is 0 Å². The van der Waals surface area contributed by atoms with Gasteiger partial charge in [0.25, 0.3) is 5.91 Å². The Morgan fingerprint density at radius 2 is 2.00 bits per heavy atom. The summed E-state index contributed by atoms with van der Waals surface area (Å²) in [7, 11) is 0. The van der Waals surface area contributed by atoms with Crippen LogP contribution in [0, 0.1) is 5.92 Å². The maximum absolute atomic E-state index is 13.4. The molecule has 1 atom stereocenters. The monoisotopic (exact) mass is 381 g/mol. The van der Waals surface area contributed by atoms with Crippen LogP contribution in [0.4, 0.5) is 13.2 Å². The van der Waals surface area contributed by atoms with Crippen molar-refractivity contribution in [2.45, 2.75) is 38.2 Å². The lowest BCUT2D eigenvalue weighted by molar-refractivity contribution is -0.177. The number of carbonyl (C=O) groups excluding carboxylic acids is 1. The number of hydrogen-bond donors (Lipinski definition) is 1. The smallest absolute Gasteiger partial charge is 0.406 e. The Balaban J connectivity index is 1.57. The Kier molecular flexibility index (Phi) is 4.58. The van der Waals surface area contributed by atoms with Gasteiger partial charge in [0, 0.05) is 24.8 Å². The van der Waals surface area contributed by atoms with Crippen LogP contribution in [0.1, 0.15) is 24.0 Å². The highest BCUT2D eigenvalue weighted by atomic mass is 19.4. The normalized spacial score (nSPS) is 23.4. The molecule has 0 bridgehead atoms. The van der Waals surface area contributed by atoms with E-state index >= 15 is 0 Å². The molecular weight excluding hydrogens is 363 g/mol. The lowest BCUT2D eigenvalue weighted by Crippen LogP contribution is -2.38. The molecule has 27 heavy (non-hydrogen) atoms. The number of pyridine rings is 1. The van der Waals surface area contributed by atoms with Crippen LogP contribution in [-0.4, -0.2) is 41.2 Å². The highest BCUT2D eigenvalue weighted by Crippen LogP contribution is 2.41. The second-order valence-corrected chi connectivity index (χ2v) is 6.76. The first kappa shape index (κ1) is 17.9. The van der Waals surface area contributed by atoms with E-state index in [1.807, 2.05) is 0 Å². The van der Waals surface area contributed by atoms with Crippen LogP contribution in [0.3, 0.4) is 0 Å². The fraction of sp³-hybridized carbons (Fsp3) is 0.529. The minimum atomic E-state index is -4.72. The summed E-state index contributed by atoms with van der Waals surface area (Å²) in [5.41, 5.74) is 1.41. The van der Waals surface area contributed by atoms with Gasteiger partial charge in [-0.15, -0.1) is 5.11 Å². The summed E-state index contributed by atoms with van der Waals surface area (Å²) < 4.78 is 46.2. The summed E-state index contributed by atoms with van der Waals surface area (Å²) in [6, 6.07) is 1.76. The maximum Gasteiger partial charge on any atom is 0.406 e. The van der Waals surface area contributed by atoms with E-state index in [4.69, 9.17) is 4.74 Å². The van der Waals surface area contributed by atoms with Crippen LogP contribution in [0.5, 0.6) is 5.88 Å². The highest BCUT2D eigenvalue weighted by molar-refractivity contribution is 5.83. The summed E-state index contributed by atoms with van der Waals surface area (Å²) in [6.45, 7) is 2.14. The summed E-state index contributed by atoms with van der Waals surface area (Å²) in [5, 5.41) is 9.76. The molecule has 0 aromatic carbocycles. The zero-order valence-corrected chi connectivity index (χ0v) is 14.4. The molecule has 0 saturated carbocycles.